The minimum atomic E-state index is -0.384. The largest absolute Gasteiger partial charge is 0.370 e. The lowest BCUT2D eigenvalue weighted by molar-refractivity contribution is -0.153. The molecule has 1 N–H and O–H groups in total. The lowest BCUT2D eigenvalue weighted by atomic mass is 10.3. The van der Waals surface area contributed by atoms with E-state index in [2.05, 4.69) is 10.3 Å². The summed E-state index contributed by atoms with van der Waals surface area (Å²) in [6.07, 6.45) is 2.46. The van der Waals surface area contributed by atoms with Crippen molar-refractivity contribution in [2.45, 2.75) is 39.2 Å². The molecule has 1 atom stereocenters. The molecule has 0 heterocycles. The van der Waals surface area contributed by atoms with Crippen LogP contribution in [0.3, 0.4) is 0 Å². The summed E-state index contributed by atoms with van der Waals surface area (Å²) >= 11 is 0. The van der Waals surface area contributed by atoms with E-state index < -0.39 is 0 Å². The van der Waals surface area contributed by atoms with Crippen molar-refractivity contribution in [2.75, 3.05) is 0 Å². The topological polar surface area (TPSA) is 55.4 Å². The maximum Gasteiger partial charge on any atom is 0.324 e. The molecule has 0 spiro atoms. The zero-order chi connectivity index (χ0) is 9.40. The molecule has 0 amide bonds. The van der Waals surface area contributed by atoms with E-state index in [1.165, 1.54) is 0 Å². The standard InChI is InChI=1S/C8H15NO3/c1-3-5-8(11)12-9-7(4-2)6-10/h6-7,9H,3-5H2,1-2H3. The van der Waals surface area contributed by atoms with E-state index >= 15 is 0 Å². The molecule has 4 heteroatoms. The molecular formula is C8H15NO3. The van der Waals surface area contributed by atoms with Gasteiger partial charge in [-0.1, -0.05) is 13.8 Å². The van der Waals surface area contributed by atoms with Gasteiger partial charge in [0.1, 0.15) is 6.29 Å². The fourth-order valence-electron chi connectivity index (χ4n) is 0.604. The van der Waals surface area contributed by atoms with E-state index in [9.17, 15) is 9.59 Å². The molecule has 0 bridgehead atoms. The van der Waals surface area contributed by atoms with E-state index in [1.807, 2.05) is 13.8 Å². The van der Waals surface area contributed by atoms with Gasteiger partial charge in [0.25, 0.3) is 0 Å². The second kappa shape index (κ2) is 6.79. The monoisotopic (exact) mass is 173 g/mol. The molecule has 0 aliphatic rings. The molecule has 0 fully saturated rings. The van der Waals surface area contributed by atoms with Crippen molar-refractivity contribution >= 4 is 12.3 Å². The summed E-state index contributed by atoms with van der Waals surface area (Å²) in [5, 5.41) is 0. The summed E-state index contributed by atoms with van der Waals surface area (Å²) in [5.74, 6) is -0.321. The smallest absolute Gasteiger partial charge is 0.324 e. The fourth-order valence-corrected chi connectivity index (χ4v) is 0.604. The number of hydrogen-bond donors (Lipinski definition) is 1. The van der Waals surface area contributed by atoms with Crippen LogP contribution in [0.1, 0.15) is 33.1 Å². The molecule has 1 unspecified atom stereocenters. The summed E-state index contributed by atoms with van der Waals surface area (Å²) in [6, 6.07) is -0.384. The van der Waals surface area contributed by atoms with Gasteiger partial charge in [-0.15, -0.1) is 5.48 Å². The number of hydroxylamine groups is 1. The van der Waals surface area contributed by atoms with Crippen LogP contribution in [0, 0.1) is 0 Å². The first kappa shape index (κ1) is 11.1. The van der Waals surface area contributed by atoms with Gasteiger partial charge in [-0.2, -0.15) is 0 Å². The normalized spacial score (nSPS) is 12.2. The summed E-state index contributed by atoms with van der Waals surface area (Å²) < 4.78 is 0. The van der Waals surface area contributed by atoms with Crippen molar-refractivity contribution < 1.29 is 14.4 Å². The predicted molar refractivity (Wildman–Crippen MR) is 44.3 cm³/mol. The SMILES string of the molecule is CCCC(=O)ONC(C=O)CC. The van der Waals surface area contributed by atoms with Gasteiger partial charge in [-0.25, -0.2) is 0 Å². The van der Waals surface area contributed by atoms with Crippen LogP contribution in [0.2, 0.25) is 0 Å². The second-order valence-corrected chi connectivity index (χ2v) is 2.49. The Morgan fingerprint density at radius 3 is 2.67 bits per heavy atom. The maximum absolute atomic E-state index is 10.8. The number of nitrogens with one attached hydrogen (secondary N) is 1. The number of carbonyl (C=O) groups is 2. The Labute approximate surface area is 72.2 Å². The number of carbonyl (C=O) groups excluding carboxylic acids is 2. The number of rotatable bonds is 6. The Balaban J connectivity index is 3.51. The van der Waals surface area contributed by atoms with Gasteiger partial charge in [0.2, 0.25) is 0 Å². The highest BCUT2D eigenvalue weighted by atomic mass is 16.7. The van der Waals surface area contributed by atoms with E-state index in [1.54, 1.807) is 0 Å². The number of aldehydes is 1. The molecule has 0 radical (unpaired) electrons. The molecule has 0 aromatic carbocycles. The molecule has 0 saturated carbocycles. The molecule has 70 valence electrons. The van der Waals surface area contributed by atoms with Crippen LogP contribution in [0.4, 0.5) is 0 Å². The van der Waals surface area contributed by atoms with Crippen molar-refractivity contribution in [3.05, 3.63) is 0 Å². The summed E-state index contributed by atoms with van der Waals surface area (Å²) in [6.45, 7) is 3.72. The summed E-state index contributed by atoms with van der Waals surface area (Å²) in [7, 11) is 0. The number of hydrogen-bond acceptors (Lipinski definition) is 4. The van der Waals surface area contributed by atoms with E-state index in [-0.39, 0.29) is 12.0 Å². The van der Waals surface area contributed by atoms with Crippen LogP contribution in [0.5, 0.6) is 0 Å². The Morgan fingerprint density at radius 1 is 1.58 bits per heavy atom. The van der Waals surface area contributed by atoms with Crippen LogP contribution in [0.15, 0.2) is 0 Å². The first-order valence-electron chi connectivity index (χ1n) is 4.15. The van der Waals surface area contributed by atoms with Gasteiger partial charge >= 0.3 is 5.97 Å². The second-order valence-electron chi connectivity index (χ2n) is 2.49. The van der Waals surface area contributed by atoms with Crippen molar-refractivity contribution in [1.29, 1.82) is 0 Å². The Hall–Kier alpha value is -0.900. The first-order chi connectivity index (χ1) is 5.74. The summed E-state index contributed by atoms with van der Waals surface area (Å²) in [4.78, 5) is 25.6. The van der Waals surface area contributed by atoms with Gasteiger partial charge in [0.05, 0.1) is 6.04 Å². The quantitative estimate of drug-likeness (QED) is 0.477. The van der Waals surface area contributed by atoms with Crippen molar-refractivity contribution in [3.8, 4) is 0 Å². The van der Waals surface area contributed by atoms with Crippen molar-refractivity contribution in [3.63, 3.8) is 0 Å². The van der Waals surface area contributed by atoms with Gasteiger partial charge in [-0.3, -0.25) is 4.79 Å². The van der Waals surface area contributed by atoms with Crippen molar-refractivity contribution in [1.82, 2.24) is 5.48 Å². The average Bonchev–Trinajstić information content (AvgIpc) is 2.07. The van der Waals surface area contributed by atoms with Gasteiger partial charge in [0.15, 0.2) is 0 Å². The Morgan fingerprint density at radius 2 is 2.25 bits per heavy atom. The highest BCUT2D eigenvalue weighted by molar-refractivity contribution is 5.69. The molecule has 4 nitrogen and oxygen atoms in total. The van der Waals surface area contributed by atoms with Crippen LogP contribution < -0.4 is 5.48 Å². The Kier molecular flexibility index (Phi) is 6.28. The van der Waals surface area contributed by atoms with Gasteiger partial charge < -0.3 is 9.63 Å². The minimum absolute atomic E-state index is 0.321. The molecule has 0 rings (SSSR count). The molecule has 0 aromatic heterocycles. The molecule has 0 aliphatic heterocycles. The predicted octanol–water partition coefficient (Wildman–Crippen LogP) is 0.812. The molecular weight excluding hydrogens is 158 g/mol. The van der Waals surface area contributed by atoms with Crippen LogP contribution in [-0.4, -0.2) is 18.3 Å². The Bertz CT molecular complexity index is 147. The van der Waals surface area contributed by atoms with Gasteiger partial charge in [0, 0.05) is 6.42 Å². The zero-order valence-corrected chi connectivity index (χ0v) is 7.50. The maximum atomic E-state index is 10.8. The fraction of sp³-hybridized carbons (Fsp3) is 0.750. The summed E-state index contributed by atoms with van der Waals surface area (Å²) in [5.41, 5.74) is 2.39. The zero-order valence-electron chi connectivity index (χ0n) is 7.50. The van der Waals surface area contributed by atoms with Gasteiger partial charge in [-0.05, 0) is 12.8 Å². The first-order valence-corrected chi connectivity index (χ1v) is 4.15. The highest BCUT2D eigenvalue weighted by Crippen LogP contribution is 1.91. The van der Waals surface area contributed by atoms with E-state index in [4.69, 9.17) is 0 Å². The molecule has 0 aromatic rings. The average molecular weight is 173 g/mol. The van der Waals surface area contributed by atoms with Crippen LogP contribution in [-0.2, 0) is 14.4 Å². The molecule has 0 aliphatic carbocycles. The highest BCUT2D eigenvalue weighted by Gasteiger charge is 2.06. The van der Waals surface area contributed by atoms with Crippen molar-refractivity contribution in [2.24, 2.45) is 0 Å². The van der Waals surface area contributed by atoms with Crippen LogP contribution in [0.25, 0.3) is 0 Å². The lowest BCUT2D eigenvalue weighted by Crippen LogP contribution is -2.32. The minimum Gasteiger partial charge on any atom is -0.370 e. The molecule has 0 saturated heterocycles. The third kappa shape index (κ3) is 4.85. The lowest BCUT2D eigenvalue weighted by Gasteiger charge is -2.08. The van der Waals surface area contributed by atoms with E-state index in [0.717, 1.165) is 12.7 Å². The molecule has 12 heavy (non-hydrogen) atoms. The third-order valence-electron chi connectivity index (χ3n) is 1.38. The van der Waals surface area contributed by atoms with E-state index in [0.29, 0.717) is 12.8 Å². The van der Waals surface area contributed by atoms with Crippen LogP contribution >= 0.6 is 0 Å². The third-order valence-corrected chi connectivity index (χ3v) is 1.38.